The molecule has 0 aromatic heterocycles. The summed E-state index contributed by atoms with van der Waals surface area (Å²) >= 11 is 0. The minimum absolute atomic E-state index is 0.0632. The Balaban J connectivity index is 2.38. The summed E-state index contributed by atoms with van der Waals surface area (Å²) in [6, 6.07) is 3.63. The zero-order valence-electron chi connectivity index (χ0n) is 16.1. The maximum absolute atomic E-state index is 13.2. The van der Waals surface area contributed by atoms with E-state index in [9.17, 15) is 9.59 Å². The average Bonchev–Trinajstić information content (AvgIpc) is 3.43. The molecule has 1 unspecified atom stereocenters. The van der Waals surface area contributed by atoms with Crippen LogP contribution >= 0.6 is 0 Å². The summed E-state index contributed by atoms with van der Waals surface area (Å²) in [6.07, 6.45) is 2.05. The first-order valence-corrected chi connectivity index (χ1v) is 8.79. The number of carbonyl (C=O) groups is 2. The van der Waals surface area contributed by atoms with Crippen molar-refractivity contribution in [1.82, 2.24) is 4.90 Å². The predicted molar refractivity (Wildman–Crippen MR) is 97.7 cm³/mol. The summed E-state index contributed by atoms with van der Waals surface area (Å²) in [7, 11) is 2.94. The number of amides is 2. The molecule has 1 fully saturated rings. The molecule has 7 nitrogen and oxygen atoms in total. The third-order valence-corrected chi connectivity index (χ3v) is 4.64. The molecule has 0 spiro atoms. The quantitative estimate of drug-likeness (QED) is 0.725. The second-order valence-corrected chi connectivity index (χ2v) is 6.89. The van der Waals surface area contributed by atoms with E-state index in [0.29, 0.717) is 23.0 Å². The van der Waals surface area contributed by atoms with Crippen molar-refractivity contribution in [2.75, 3.05) is 20.8 Å². The number of rotatable bonds is 9. The van der Waals surface area contributed by atoms with Gasteiger partial charge in [0, 0.05) is 17.6 Å². The van der Waals surface area contributed by atoms with Crippen LogP contribution in [0.4, 0.5) is 0 Å². The van der Waals surface area contributed by atoms with Crippen LogP contribution in [0.25, 0.3) is 0 Å². The number of benzene rings is 1. The van der Waals surface area contributed by atoms with E-state index < -0.39 is 5.91 Å². The van der Waals surface area contributed by atoms with Gasteiger partial charge in [-0.2, -0.15) is 0 Å². The highest BCUT2D eigenvalue weighted by molar-refractivity contribution is 5.96. The average molecular weight is 364 g/mol. The van der Waals surface area contributed by atoms with Crippen LogP contribution in [0.15, 0.2) is 12.1 Å². The maximum atomic E-state index is 13.2. The molecule has 0 saturated heterocycles. The van der Waals surface area contributed by atoms with Gasteiger partial charge in [-0.1, -0.05) is 13.8 Å². The molecule has 7 heteroatoms. The molecule has 1 saturated carbocycles. The van der Waals surface area contributed by atoms with Crippen LogP contribution in [0.2, 0.25) is 0 Å². The Hall–Kier alpha value is -2.44. The lowest BCUT2D eigenvalue weighted by Crippen LogP contribution is -2.43. The summed E-state index contributed by atoms with van der Waals surface area (Å²) in [5.74, 6) is 0.567. The van der Waals surface area contributed by atoms with Gasteiger partial charge in [0.25, 0.3) is 11.8 Å². The molecule has 1 aliphatic rings. The fourth-order valence-electron chi connectivity index (χ4n) is 2.80. The Labute approximate surface area is 154 Å². The smallest absolute Gasteiger partial charge is 0.255 e. The van der Waals surface area contributed by atoms with E-state index in [-0.39, 0.29) is 30.3 Å². The van der Waals surface area contributed by atoms with Crippen LogP contribution in [0.3, 0.4) is 0 Å². The third kappa shape index (κ3) is 4.39. The van der Waals surface area contributed by atoms with E-state index in [2.05, 4.69) is 20.8 Å². The van der Waals surface area contributed by atoms with Gasteiger partial charge in [-0.3, -0.25) is 9.59 Å². The molecule has 2 amide bonds. The normalized spacial score (nSPS) is 14.7. The Kier molecular flexibility index (Phi) is 6.34. The number of nitrogens with zero attached hydrogens (tertiary/aromatic N) is 1. The molecular formula is C19H28N2O5. The van der Waals surface area contributed by atoms with Crippen molar-refractivity contribution in [3.8, 4) is 17.2 Å². The zero-order chi connectivity index (χ0) is 19.4. The van der Waals surface area contributed by atoms with Crippen molar-refractivity contribution < 1.29 is 23.8 Å². The molecular weight excluding hydrogens is 336 g/mol. The van der Waals surface area contributed by atoms with E-state index in [4.69, 9.17) is 19.9 Å². The van der Waals surface area contributed by atoms with Crippen LogP contribution in [0, 0.1) is 5.92 Å². The molecule has 1 aromatic rings. The first-order valence-electron chi connectivity index (χ1n) is 8.79. The minimum atomic E-state index is -0.611. The van der Waals surface area contributed by atoms with Crippen molar-refractivity contribution in [3.63, 3.8) is 0 Å². The predicted octanol–water partition coefficient (Wildman–Crippen LogP) is 2.22. The SMILES string of the molecule is COc1cc(C(=O)N(C2CC2)C(C)C(C)C)cc(OC)c1OCC(N)=O. The van der Waals surface area contributed by atoms with Crippen LogP contribution < -0.4 is 19.9 Å². The maximum Gasteiger partial charge on any atom is 0.255 e. The van der Waals surface area contributed by atoms with E-state index in [1.54, 1.807) is 12.1 Å². The number of ether oxygens (including phenoxy) is 3. The molecule has 1 aromatic carbocycles. The lowest BCUT2D eigenvalue weighted by Gasteiger charge is -2.32. The molecule has 2 rings (SSSR count). The highest BCUT2D eigenvalue weighted by Gasteiger charge is 2.37. The lowest BCUT2D eigenvalue weighted by atomic mass is 10.0. The van der Waals surface area contributed by atoms with E-state index in [1.165, 1.54) is 14.2 Å². The van der Waals surface area contributed by atoms with Gasteiger partial charge in [-0.25, -0.2) is 0 Å². The number of methoxy groups -OCH3 is 2. The Morgan fingerprint density at radius 1 is 1.15 bits per heavy atom. The fraction of sp³-hybridized carbons (Fsp3) is 0.579. The van der Waals surface area contributed by atoms with Gasteiger partial charge in [0.05, 0.1) is 14.2 Å². The molecule has 0 heterocycles. The Morgan fingerprint density at radius 2 is 1.69 bits per heavy atom. The first-order chi connectivity index (χ1) is 12.3. The standard InChI is InChI=1S/C19H28N2O5/c1-11(2)12(3)21(14-6-7-14)19(23)13-8-15(24-4)18(16(9-13)25-5)26-10-17(20)22/h8-9,11-12,14H,6-7,10H2,1-5H3,(H2,20,22). The van der Waals surface area contributed by atoms with Crippen LogP contribution in [0.1, 0.15) is 44.0 Å². The van der Waals surface area contributed by atoms with Crippen LogP contribution in [-0.2, 0) is 4.79 Å². The molecule has 1 atom stereocenters. The zero-order valence-corrected chi connectivity index (χ0v) is 16.1. The lowest BCUT2D eigenvalue weighted by molar-refractivity contribution is -0.120. The van der Waals surface area contributed by atoms with Gasteiger partial charge in [-0.15, -0.1) is 0 Å². The van der Waals surface area contributed by atoms with Crippen LogP contribution in [-0.4, -0.2) is 49.6 Å². The number of primary amides is 1. The van der Waals surface area contributed by atoms with Crippen molar-refractivity contribution in [2.24, 2.45) is 11.7 Å². The largest absolute Gasteiger partial charge is 0.493 e. The Morgan fingerprint density at radius 3 is 2.08 bits per heavy atom. The van der Waals surface area contributed by atoms with Crippen LogP contribution in [0.5, 0.6) is 17.2 Å². The summed E-state index contributed by atoms with van der Waals surface area (Å²) in [5, 5.41) is 0. The molecule has 1 aliphatic carbocycles. The van der Waals surface area contributed by atoms with Gasteiger partial charge in [0.15, 0.2) is 18.1 Å². The molecule has 0 radical (unpaired) electrons. The topological polar surface area (TPSA) is 91.1 Å². The first kappa shape index (κ1) is 19.9. The Bertz CT molecular complexity index is 645. The van der Waals surface area contributed by atoms with Gasteiger partial charge in [-0.05, 0) is 37.8 Å². The fourth-order valence-corrected chi connectivity index (χ4v) is 2.80. The van der Waals surface area contributed by atoms with Crippen molar-refractivity contribution in [3.05, 3.63) is 17.7 Å². The monoisotopic (exact) mass is 364 g/mol. The molecule has 26 heavy (non-hydrogen) atoms. The summed E-state index contributed by atoms with van der Waals surface area (Å²) in [5.41, 5.74) is 5.60. The molecule has 2 N–H and O–H groups in total. The highest BCUT2D eigenvalue weighted by Crippen LogP contribution is 2.40. The van der Waals surface area contributed by atoms with E-state index in [0.717, 1.165) is 12.8 Å². The van der Waals surface area contributed by atoms with Gasteiger partial charge in [0.1, 0.15) is 0 Å². The summed E-state index contributed by atoms with van der Waals surface area (Å²) < 4.78 is 16.1. The summed E-state index contributed by atoms with van der Waals surface area (Å²) in [6.45, 7) is 5.98. The highest BCUT2D eigenvalue weighted by atomic mass is 16.5. The van der Waals surface area contributed by atoms with Gasteiger partial charge < -0.3 is 24.8 Å². The van der Waals surface area contributed by atoms with Gasteiger partial charge >= 0.3 is 0 Å². The molecule has 0 bridgehead atoms. The number of hydrogen-bond acceptors (Lipinski definition) is 5. The number of carbonyl (C=O) groups excluding carboxylic acids is 2. The van der Waals surface area contributed by atoms with Crippen molar-refractivity contribution in [2.45, 2.75) is 45.7 Å². The van der Waals surface area contributed by atoms with Gasteiger partial charge in [0.2, 0.25) is 5.75 Å². The van der Waals surface area contributed by atoms with Crippen molar-refractivity contribution >= 4 is 11.8 Å². The van der Waals surface area contributed by atoms with E-state index >= 15 is 0 Å². The second kappa shape index (κ2) is 8.29. The molecule has 0 aliphatic heterocycles. The molecule has 144 valence electrons. The third-order valence-electron chi connectivity index (χ3n) is 4.64. The number of nitrogens with two attached hydrogens (primary N) is 1. The number of hydrogen-bond donors (Lipinski definition) is 1. The van der Waals surface area contributed by atoms with Crippen molar-refractivity contribution in [1.29, 1.82) is 0 Å². The minimum Gasteiger partial charge on any atom is -0.493 e. The second-order valence-electron chi connectivity index (χ2n) is 6.89. The van der Waals surface area contributed by atoms with E-state index in [1.807, 2.05) is 4.90 Å². The summed E-state index contributed by atoms with van der Waals surface area (Å²) in [4.78, 5) is 26.1.